The summed E-state index contributed by atoms with van der Waals surface area (Å²) in [5, 5.41) is 70.2. The summed E-state index contributed by atoms with van der Waals surface area (Å²) in [5.74, 6) is -11.2. The highest BCUT2D eigenvalue weighted by atomic mass is 16.4. The molecule has 54 heavy (non-hydrogen) atoms. The third-order valence-electron chi connectivity index (χ3n) is 7.44. The van der Waals surface area contributed by atoms with Crippen molar-refractivity contribution in [2.24, 2.45) is 11.5 Å². The van der Waals surface area contributed by atoms with Crippen LogP contribution in [0.5, 0.6) is 0 Å². The molecule has 23 heteroatoms. The fourth-order valence-corrected chi connectivity index (χ4v) is 4.48. The molecule has 1 aromatic carbocycles. The number of carboxylic acid groups (broad SMARTS) is 2. The quantitative estimate of drug-likeness (QED) is 0.0464. The molecular formula is C31H46N8O15. The molecule has 0 aliphatic carbocycles. The van der Waals surface area contributed by atoms with Crippen molar-refractivity contribution in [3.8, 4) is 0 Å². The van der Waals surface area contributed by atoms with E-state index < -0.39 is 141 Å². The molecule has 0 bridgehead atoms. The Labute approximate surface area is 307 Å². The third-order valence-corrected chi connectivity index (χ3v) is 7.44. The highest BCUT2D eigenvalue weighted by Gasteiger charge is 2.35. The van der Waals surface area contributed by atoms with Crippen LogP contribution in [0, 0.1) is 0 Å². The zero-order valence-electron chi connectivity index (χ0n) is 29.0. The van der Waals surface area contributed by atoms with Gasteiger partial charge in [-0.25, -0.2) is 4.79 Å². The smallest absolute Gasteiger partial charge is 0.326 e. The van der Waals surface area contributed by atoms with Crippen LogP contribution in [0.2, 0.25) is 0 Å². The number of benzene rings is 1. The lowest BCUT2D eigenvalue weighted by molar-refractivity contribution is -0.142. The molecule has 0 fully saturated rings. The number of aliphatic hydroxyl groups excluding tert-OH is 4. The average Bonchev–Trinajstić information content (AvgIpc) is 3.11. The van der Waals surface area contributed by atoms with Gasteiger partial charge in [-0.2, -0.15) is 0 Å². The van der Waals surface area contributed by atoms with Gasteiger partial charge in [-0.1, -0.05) is 30.3 Å². The Bertz CT molecular complexity index is 1500. The molecule has 16 N–H and O–H groups in total. The lowest BCUT2D eigenvalue weighted by Gasteiger charge is -2.27. The molecule has 0 heterocycles. The highest BCUT2D eigenvalue weighted by Crippen LogP contribution is 2.06. The molecule has 0 unspecified atom stereocenters. The largest absolute Gasteiger partial charge is 0.481 e. The van der Waals surface area contributed by atoms with Crippen LogP contribution in [-0.2, 0) is 49.6 Å². The Morgan fingerprint density at radius 3 is 1.56 bits per heavy atom. The second kappa shape index (κ2) is 23.0. The number of nitrogens with two attached hydrogens (primary N) is 2. The van der Waals surface area contributed by atoms with Gasteiger partial charge < -0.3 is 74.0 Å². The number of hydrogen-bond donors (Lipinski definition) is 14. The zero-order chi connectivity index (χ0) is 41.1. The van der Waals surface area contributed by atoms with E-state index in [0.717, 1.165) is 6.92 Å². The molecule has 0 saturated carbocycles. The van der Waals surface area contributed by atoms with Crippen LogP contribution in [0.3, 0.4) is 0 Å². The maximum atomic E-state index is 13.2. The van der Waals surface area contributed by atoms with Gasteiger partial charge in [0.1, 0.15) is 42.3 Å². The number of hydrogen-bond acceptors (Lipinski definition) is 14. The van der Waals surface area contributed by atoms with Crippen molar-refractivity contribution in [3.05, 3.63) is 35.9 Å². The second-order valence-electron chi connectivity index (χ2n) is 11.8. The number of primary amides is 1. The minimum atomic E-state index is -1.93. The molecule has 23 nitrogen and oxygen atoms in total. The molecule has 0 saturated heterocycles. The van der Waals surface area contributed by atoms with E-state index in [2.05, 4.69) is 21.3 Å². The van der Waals surface area contributed by atoms with Crippen LogP contribution in [0.4, 0.5) is 0 Å². The van der Waals surface area contributed by atoms with Crippen molar-refractivity contribution in [1.29, 1.82) is 0 Å². The predicted molar refractivity (Wildman–Crippen MR) is 181 cm³/mol. The molecule has 0 aliphatic rings. The van der Waals surface area contributed by atoms with Crippen LogP contribution in [0.25, 0.3) is 0 Å². The third kappa shape index (κ3) is 15.9. The first-order valence-electron chi connectivity index (χ1n) is 16.2. The van der Waals surface area contributed by atoms with Crippen molar-refractivity contribution in [3.63, 3.8) is 0 Å². The Kier molecular flexibility index (Phi) is 19.7. The van der Waals surface area contributed by atoms with Crippen molar-refractivity contribution in [2.75, 3.05) is 19.8 Å². The lowest BCUT2D eigenvalue weighted by Crippen LogP contribution is -2.62. The van der Waals surface area contributed by atoms with E-state index >= 15 is 0 Å². The minimum absolute atomic E-state index is 0.164. The topological polar surface area (TPSA) is 399 Å². The predicted octanol–water partition coefficient (Wildman–Crippen LogP) is -7.35. The molecule has 8 atom stereocenters. The first kappa shape index (κ1) is 46.3. The molecule has 1 rings (SSSR count). The number of amides is 7. The van der Waals surface area contributed by atoms with E-state index in [1.807, 2.05) is 10.6 Å². The number of carboxylic acids is 2. The van der Waals surface area contributed by atoms with Crippen LogP contribution >= 0.6 is 0 Å². The Hall–Kier alpha value is -5.75. The SMILES string of the molecule is C[C@@H](O)[C@H](NC(=O)[C@H](CC(N)=O)NC(=O)[C@@H](N)CO)C(=O)N[C@@H](CO)C(=O)N[C@@H](CCC(=O)O)C(=O)N[C@@H](CO)C(=O)N[C@@H](Cc1ccccc1)C(=O)O. The van der Waals surface area contributed by atoms with Gasteiger partial charge in [0.15, 0.2) is 0 Å². The van der Waals surface area contributed by atoms with Crippen molar-refractivity contribution >= 4 is 53.3 Å². The van der Waals surface area contributed by atoms with Crippen LogP contribution < -0.4 is 43.4 Å². The first-order chi connectivity index (χ1) is 25.3. The monoisotopic (exact) mass is 770 g/mol. The summed E-state index contributed by atoms with van der Waals surface area (Å²) in [6, 6.07) is -3.97. The minimum Gasteiger partial charge on any atom is -0.481 e. The molecular weight excluding hydrogens is 724 g/mol. The molecule has 300 valence electrons. The fraction of sp³-hybridized carbons (Fsp3) is 0.516. The summed E-state index contributed by atoms with van der Waals surface area (Å²) in [5.41, 5.74) is 11.1. The van der Waals surface area contributed by atoms with Gasteiger partial charge in [-0.15, -0.1) is 0 Å². The number of nitrogens with one attached hydrogen (secondary N) is 6. The van der Waals surface area contributed by atoms with Crippen molar-refractivity contribution < 1.29 is 73.8 Å². The lowest BCUT2D eigenvalue weighted by atomic mass is 10.1. The van der Waals surface area contributed by atoms with Gasteiger partial charge >= 0.3 is 11.9 Å². The van der Waals surface area contributed by atoms with E-state index in [9.17, 15) is 68.7 Å². The van der Waals surface area contributed by atoms with E-state index in [1.165, 1.54) is 0 Å². The Morgan fingerprint density at radius 2 is 1.09 bits per heavy atom. The van der Waals surface area contributed by atoms with Gasteiger partial charge in [0.25, 0.3) is 0 Å². The van der Waals surface area contributed by atoms with Gasteiger partial charge in [-0.05, 0) is 18.9 Å². The fourth-order valence-electron chi connectivity index (χ4n) is 4.48. The number of aliphatic hydroxyl groups is 4. The van der Waals surface area contributed by atoms with Gasteiger partial charge in [0.2, 0.25) is 41.4 Å². The average molecular weight is 771 g/mol. The maximum Gasteiger partial charge on any atom is 0.326 e. The summed E-state index contributed by atoms with van der Waals surface area (Å²) in [4.78, 5) is 112. The summed E-state index contributed by atoms with van der Waals surface area (Å²) in [6.45, 7) is -2.03. The van der Waals surface area contributed by atoms with E-state index in [4.69, 9.17) is 16.6 Å². The summed E-state index contributed by atoms with van der Waals surface area (Å²) in [7, 11) is 0. The standard InChI is InChI=1S/C31H46N8O15/c1-14(43)24(39-27(49)18(10-22(33)44)35-25(47)16(32)11-40)30(52)38-21(13-42)28(50)34-17(7-8-23(45)46)26(48)37-20(12-41)29(51)36-19(31(53)54)9-15-5-3-2-4-6-15/h2-6,14,16-21,24,40-43H,7-13,32H2,1H3,(H2,33,44)(H,34,50)(H,35,47)(H,36,51)(H,37,48)(H,38,52)(H,39,49)(H,45,46)(H,53,54)/t14-,16+,17+,18+,19+,20+,21+,24+/m1/s1. The Balaban J connectivity index is 3.12. The van der Waals surface area contributed by atoms with Crippen molar-refractivity contribution in [1.82, 2.24) is 31.9 Å². The molecule has 1 aromatic rings. The summed E-state index contributed by atoms with van der Waals surface area (Å²) in [6.07, 6.45) is -4.04. The zero-order valence-corrected chi connectivity index (χ0v) is 29.0. The van der Waals surface area contributed by atoms with Crippen LogP contribution in [-0.4, -0.2) is 152 Å². The van der Waals surface area contributed by atoms with Crippen LogP contribution in [0.15, 0.2) is 30.3 Å². The van der Waals surface area contributed by atoms with E-state index in [1.54, 1.807) is 30.3 Å². The molecule has 0 spiro atoms. The maximum absolute atomic E-state index is 13.2. The molecule has 0 aliphatic heterocycles. The van der Waals surface area contributed by atoms with E-state index in [-0.39, 0.29) is 6.42 Å². The first-order valence-corrected chi connectivity index (χ1v) is 16.2. The Morgan fingerprint density at radius 1 is 0.630 bits per heavy atom. The van der Waals surface area contributed by atoms with Gasteiger partial charge in [-0.3, -0.25) is 38.4 Å². The van der Waals surface area contributed by atoms with Crippen LogP contribution in [0.1, 0.15) is 31.7 Å². The molecule has 0 radical (unpaired) electrons. The van der Waals surface area contributed by atoms with Gasteiger partial charge in [0.05, 0.1) is 32.3 Å². The highest BCUT2D eigenvalue weighted by molar-refractivity contribution is 5.98. The second-order valence-corrected chi connectivity index (χ2v) is 11.8. The molecule has 0 aromatic heterocycles. The number of rotatable bonds is 24. The normalized spacial score (nSPS) is 15.3. The van der Waals surface area contributed by atoms with Crippen molar-refractivity contribution in [2.45, 2.75) is 81.0 Å². The number of carbonyl (C=O) groups excluding carboxylic acids is 7. The number of carbonyl (C=O) groups is 9. The summed E-state index contributed by atoms with van der Waals surface area (Å²) < 4.78 is 0. The number of aliphatic carboxylic acids is 2. The van der Waals surface area contributed by atoms with E-state index in [0.29, 0.717) is 5.56 Å². The van der Waals surface area contributed by atoms with Gasteiger partial charge in [0, 0.05) is 12.8 Å². The molecule has 7 amide bonds. The summed E-state index contributed by atoms with van der Waals surface area (Å²) >= 11 is 0.